The molecule has 4 aromatic rings. The molecule has 1 N–H and O–H groups in total. The van der Waals surface area contributed by atoms with E-state index in [2.05, 4.69) is 4.98 Å². The Kier molecular flexibility index (Phi) is 8.20. The fourth-order valence-corrected chi connectivity index (χ4v) is 4.42. The molecule has 0 spiro atoms. The summed E-state index contributed by atoms with van der Waals surface area (Å²) in [5, 5.41) is 1.09. The number of benzene rings is 3. The minimum atomic E-state index is -4.57. The van der Waals surface area contributed by atoms with E-state index in [1.165, 1.54) is 17.0 Å². The maximum absolute atomic E-state index is 13.6. The lowest BCUT2D eigenvalue weighted by Crippen LogP contribution is -2.46. The Labute approximate surface area is 219 Å². The van der Waals surface area contributed by atoms with Crippen LogP contribution >= 0.6 is 0 Å². The minimum absolute atomic E-state index is 0.102. The molecule has 0 atom stereocenters. The molecule has 0 bridgehead atoms. The number of aromatic amines is 1. The summed E-state index contributed by atoms with van der Waals surface area (Å²) in [6, 6.07) is 21.4. The quantitative estimate of drug-likeness (QED) is 0.281. The van der Waals surface area contributed by atoms with Gasteiger partial charge in [-0.1, -0.05) is 54.6 Å². The van der Waals surface area contributed by atoms with Crippen molar-refractivity contribution in [2.45, 2.75) is 39.0 Å². The first-order chi connectivity index (χ1) is 18.1. The summed E-state index contributed by atoms with van der Waals surface area (Å²) in [6.45, 7) is 4.01. The number of alkyl halides is 3. The topological polar surface area (TPSA) is 56.4 Å². The molecule has 0 aliphatic heterocycles. The number of hydrogen-bond acceptors (Lipinski definition) is 2. The maximum Gasteiger partial charge on any atom is 0.416 e. The van der Waals surface area contributed by atoms with Crippen molar-refractivity contribution in [3.8, 4) is 0 Å². The molecular weight excluding hydrogens is 491 g/mol. The first-order valence-corrected chi connectivity index (χ1v) is 12.5. The molecule has 1 aromatic heterocycles. The van der Waals surface area contributed by atoms with Crippen molar-refractivity contribution in [3.63, 3.8) is 0 Å². The average molecular weight is 522 g/mol. The number of fused-ring (bicyclic) bond motifs is 1. The summed E-state index contributed by atoms with van der Waals surface area (Å²) >= 11 is 0. The second kappa shape index (κ2) is 11.5. The van der Waals surface area contributed by atoms with Gasteiger partial charge in [-0.3, -0.25) is 9.59 Å². The number of hydrogen-bond donors (Lipinski definition) is 1. The summed E-state index contributed by atoms with van der Waals surface area (Å²) < 4.78 is 39.7. The van der Waals surface area contributed by atoms with Gasteiger partial charge in [0.1, 0.15) is 6.54 Å². The molecule has 2 amide bonds. The molecule has 5 nitrogen and oxygen atoms in total. The summed E-state index contributed by atoms with van der Waals surface area (Å²) in [5.74, 6) is -0.890. The van der Waals surface area contributed by atoms with E-state index in [0.717, 1.165) is 34.2 Å². The van der Waals surface area contributed by atoms with Crippen molar-refractivity contribution in [2.24, 2.45) is 0 Å². The average Bonchev–Trinajstić information content (AvgIpc) is 3.32. The summed E-state index contributed by atoms with van der Waals surface area (Å²) in [5.41, 5.74) is 2.03. The third kappa shape index (κ3) is 6.43. The van der Waals surface area contributed by atoms with Crippen LogP contribution < -0.4 is 0 Å². The highest BCUT2D eigenvalue weighted by Crippen LogP contribution is 2.30. The Hall–Kier alpha value is -4.07. The second-order valence-electron chi connectivity index (χ2n) is 9.52. The van der Waals surface area contributed by atoms with Gasteiger partial charge in [-0.15, -0.1) is 0 Å². The normalized spacial score (nSPS) is 11.6. The molecule has 0 radical (unpaired) electrons. The Morgan fingerprint density at radius 3 is 2.34 bits per heavy atom. The van der Waals surface area contributed by atoms with Gasteiger partial charge in [0.25, 0.3) is 5.91 Å². The summed E-state index contributed by atoms with van der Waals surface area (Å²) in [7, 11) is 0. The van der Waals surface area contributed by atoms with Crippen LogP contribution in [-0.2, 0) is 23.9 Å². The van der Waals surface area contributed by atoms with Crippen molar-refractivity contribution in [3.05, 3.63) is 107 Å². The van der Waals surface area contributed by atoms with Crippen molar-refractivity contribution in [1.29, 1.82) is 0 Å². The monoisotopic (exact) mass is 521 g/mol. The number of H-pyrrole nitrogens is 1. The zero-order valence-corrected chi connectivity index (χ0v) is 21.3. The predicted octanol–water partition coefficient (Wildman–Crippen LogP) is 6.31. The van der Waals surface area contributed by atoms with Gasteiger partial charge in [0.15, 0.2) is 0 Å². The number of para-hydroxylation sites is 1. The van der Waals surface area contributed by atoms with Crippen LogP contribution in [0.15, 0.2) is 85.1 Å². The molecule has 1 heterocycles. The Morgan fingerprint density at radius 2 is 1.63 bits per heavy atom. The number of nitrogens with zero attached hydrogens (tertiary/aromatic N) is 2. The molecular formula is C30H30F3N3O2. The molecule has 0 unspecified atom stereocenters. The first-order valence-electron chi connectivity index (χ1n) is 12.5. The molecule has 0 saturated heterocycles. The Bertz CT molecular complexity index is 1400. The Balaban J connectivity index is 1.55. The number of rotatable bonds is 9. The number of aromatic nitrogens is 1. The number of amides is 2. The van der Waals surface area contributed by atoms with Crippen LogP contribution in [0.4, 0.5) is 13.2 Å². The van der Waals surface area contributed by atoms with Crippen LogP contribution in [0.25, 0.3) is 10.9 Å². The molecule has 0 fully saturated rings. The maximum atomic E-state index is 13.6. The van der Waals surface area contributed by atoms with E-state index in [9.17, 15) is 22.8 Å². The number of carbonyl (C=O) groups excluding carboxylic acids is 2. The molecule has 198 valence electrons. The van der Waals surface area contributed by atoms with Crippen LogP contribution in [0.3, 0.4) is 0 Å². The molecule has 0 saturated carbocycles. The SMILES string of the molecule is CC(C)N(CC(=O)N(CCc1c[nH]c2ccccc12)Cc1ccccc1)C(=O)c1cccc(C(F)(F)F)c1. The van der Waals surface area contributed by atoms with Gasteiger partial charge >= 0.3 is 6.18 Å². The number of halogens is 3. The smallest absolute Gasteiger partial charge is 0.361 e. The van der Waals surface area contributed by atoms with Crippen molar-refractivity contribution in [2.75, 3.05) is 13.1 Å². The fourth-order valence-electron chi connectivity index (χ4n) is 4.42. The molecule has 0 aliphatic carbocycles. The van der Waals surface area contributed by atoms with Crippen molar-refractivity contribution in [1.82, 2.24) is 14.8 Å². The van der Waals surface area contributed by atoms with E-state index in [-0.39, 0.29) is 18.0 Å². The number of nitrogens with one attached hydrogen (secondary N) is 1. The van der Waals surface area contributed by atoms with Gasteiger partial charge < -0.3 is 14.8 Å². The molecule has 38 heavy (non-hydrogen) atoms. The number of carbonyl (C=O) groups is 2. The fraction of sp³-hybridized carbons (Fsp3) is 0.267. The van der Waals surface area contributed by atoms with Crippen LogP contribution in [0.2, 0.25) is 0 Å². The van der Waals surface area contributed by atoms with Gasteiger partial charge in [-0.25, -0.2) is 0 Å². The van der Waals surface area contributed by atoms with E-state index in [4.69, 9.17) is 0 Å². The molecule has 0 aliphatic rings. The van der Waals surface area contributed by atoms with Crippen LogP contribution in [0.5, 0.6) is 0 Å². The standard InChI is InChI=1S/C30H30F3N3O2/c1-21(2)36(29(38)23-11-8-12-25(17-23)30(31,32)33)20-28(37)35(19-22-9-4-3-5-10-22)16-15-24-18-34-27-14-7-6-13-26(24)27/h3-14,17-18,21,34H,15-16,19-20H2,1-2H3. The summed E-state index contributed by atoms with van der Waals surface area (Å²) in [4.78, 5) is 33.1. The Morgan fingerprint density at radius 1 is 0.921 bits per heavy atom. The minimum Gasteiger partial charge on any atom is -0.361 e. The lowest BCUT2D eigenvalue weighted by atomic mass is 10.1. The lowest BCUT2D eigenvalue weighted by Gasteiger charge is -2.30. The second-order valence-corrected chi connectivity index (χ2v) is 9.52. The van der Waals surface area contributed by atoms with E-state index in [0.29, 0.717) is 19.5 Å². The lowest BCUT2D eigenvalue weighted by molar-refractivity contribution is -0.137. The van der Waals surface area contributed by atoms with Gasteiger partial charge in [0.2, 0.25) is 5.91 Å². The predicted molar refractivity (Wildman–Crippen MR) is 141 cm³/mol. The van der Waals surface area contributed by atoms with Crippen LogP contribution in [0.1, 0.15) is 40.9 Å². The highest BCUT2D eigenvalue weighted by Gasteiger charge is 2.32. The third-order valence-electron chi connectivity index (χ3n) is 6.52. The van der Waals surface area contributed by atoms with Crippen molar-refractivity contribution >= 4 is 22.7 Å². The van der Waals surface area contributed by atoms with Gasteiger partial charge in [-0.05, 0) is 55.7 Å². The molecule has 4 rings (SSSR count). The third-order valence-corrected chi connectivity index (χ3v) is 6.52. The largest absolute Gasteiger partial charge is 0.416 e. The highest BCUT2D eigenvalue weighted by molar-refractivity contribution is 5.97. The van der Waals surface area contributed by atoms with Crippen molar-refractivity contribution < 1.29 is 22.8 Å². The molecule has 3 aromatic carbocycles. The van der Waals surface area contributed by atoms with Gasteiger partial charge in [0, 0.05) is 41.8 Å². The zero-order chi connectivity index (χ0) is 27.3. The van der Waals surface area contributed by atoms with E-state index in [1.807, 2.05) is 60.8 Å². The van der Waals surface area contributed by atoms with Gasteiger partial charge in [-0.2, -0.15) is 13.2 Å². The summed E-state index contributed by atoms with van der Waals surface area (Å²) in [6.07, 6.45) is -2.02. The van der Waals surface area contributed by atoms with Gasteiger partial charge in [0.05, 0.1) is 5.56 Å². The van der Waals surface area contributed by atoms with E-state index >= 15 is 0 Å². The zero-order valence-electron chi connectivity index (χ0n) is 21.3. The van der Waals surface area contributed by atoms with Crippen LogP contribution in [0, 0.1) is 0 Å². The molecule has 8 heteroatoms. The van der Waals surface area contributed by atoms with Crippen LogP contribution in [-0.4, -0.2) is 45.7 Å². The first kappa shape index (κ1) is 27.0. The van der Waals surface area contributed by atoms with E-state index in [1.54, 1.807) is 18.7 Å². The highest BCUT2D eigenvalue weighted by atomic mass is 19.4. The van der Waals surface area contributed by atoms with E-state index < -0.39 is 23.7 Å².